The Labute approximate surface area is 183 Å². The van der Waals surface area contributed by atoms with E-state index in [0.29, 0.717) is 18.8 Å². The minimum absolute atomic E-state index is 0.296. The number of aryl methyl sites for hydroxylation is 1. The smallest absolute Gasteiger partial charge is 0.328 e. The van der Waals surface area contributed by atoms with E-state index in [0.717, 1.165) is 29.7 Å². The number of imidazole rings is 1. The van der Waals surface area contributed by atoms with Crippen molar-refractivity contribution in [1.82, 2.24) is 9.97 Å². The predicted molar refractivity (Wildman–Crippen MR) is 112 cm³/mol. The Morgan fingerprint density at radius 2 is 1.44 bits per heavy atom. The molecule has 0 aliphatic heterocycles. The molecule has 0 atom stereocenters. The minimum Gasteiger partial charge on any atom is -0.478 e. The number of benzene rings is 2. The van der Waals surface area contributed by atoms with Crippen LogP contribution in [-0.2, 0) is 20.7 Å². The molecule has 0 amide bonds. The molecule has 0 spiro atoms. The van der Waals surface area contributed by atoms with E-state index < -0.39 is 11.9 Å². The van der Waals surface area contributed by atoms with Gasteiger partial charge in [-0.15, -0.1) is 0 Å². The van der Waals surface area contributed by atoms with Gasteiger partial charge in [0.05, 0.1) is 6.33 Å². The number of rotatable bonds is 9. The molecule has 9 heteroatoms. The van der Waals surface area contributed by atoms with Gasteiger partial charge in [0.2, 0.25) is 0 Å². The molecule has 32 heavy (non-hydrogen) atoms. The molecule has 0 saturated carbocycles. The number of nitrogens with one attached hydrogen (secondary N) is 1. The third-order valence-electron chi connectivity index (χ3n) is 4.14. The van der Waals surface area contributed by atoms with Crippen LogP contribution >= 0.6 is 0 Å². The number of carboxylic acids is 2. The van der Waals surface area contributed by atoms with Gasteiger partial charge in [0.1, 0.15) is 17.7 Å². The summed E-state index contributed by atoms with van der Waals surface area (Å²) in [6, 6.07) is 12.4. The van der Waals surface area contributed by atoms with E-state index in [-0.39, 0.29) is 17.7 Å². The van der Waals surface area contributed by atoms with Crippen molar-refractivity contribution >= 4 is 11.9 Å². The summed E-state index contributed by atoms with van der Waals surface area (Å²) in [5.41, 5.74) is 2.73. The van der Waals surface area contributed by atoms with E-state index in [1.807, 2.05) is 0 Å². The topological polar surface area (TPSA) is 113 Å². The van der Waals surface area contributed by atoms with Gasteiger partial charge in [0, 0.05) is 30.6 Å². The highest BCUT2D eigenvalue weighted by atomic mass is 19.1. The molecule has 7 nitrogen and oxygen atoms in total. The van der Waals surface area contributed by atoms with Gasteiger partial charge >= 0.3 is 11.9 Å². The van der Waals surface area contributed by atoms with Gasteiger partial charge in [-0.05, 0) is 48.2 Å². The Hall–Kier alpha value is -3.85. The maximum atomic E-state index is 13.2. The van der Waals surface area contributed by atoms with Crippen LogP contribution in [0.3, 0.4) is 0 Å². The maximum Gasteiger partial charge on any atom is 0.328 e. The fraction of sp³-hybridized carbons (Fsp3) is 0.174. The summed E-state index contributed by atoms with van der Waals surface area (Å²) in [7, 11) is 0. The SMILES string of the molecule is Fc1ccc(C(OCCCc2cnc[nH]2)c2ccc(F)cc2)cc1.O=C(O)/C=C\C(=O)O. The Kier molecular flexibility index (Phi) is 9.73. The van der Waals surface area contributed by atoms with Crippen molar-refractivity contribution in [3.8, 4) is 0 Å². The highest BCUT2D eigenvalue weighted by molar-refractivity contribution is 5.89. The van der Waals surface area contributed by atoms with Crippen molar-refractivity contribution in [2.75, 3.05) is 6.61 Å². The second-order valence-corrected chi connectivity index (χ2v) is 6.54. The molecule has 0 saturated heterocycles. The van der Waals surface area contributed by atoms with Gasteiger partial charge in [0.15, 0.2) is 0 Å². The van der Waals surface area contributed by atoms with Gasteiger partial charge in [-0.3, -0.25) is 0 Å². The lowest BCUT2D eigenvalue weighted by molar-refractivity contribution is -0.134. The van der Waals surface area contributed by atoms with E-state index in [1.165, 1.54) is 24.3 Å². The molecule has 3 aromatic rings. The number of aromatic nitrogens is 2. The van der Waals surface area contributed by atoms with Crippen molar-refractivity contribution in [3.05, 3.63) is 102 Å². The van der Waals surface area contributed by atoms with Crippen LogP contribution in [0.5, 0.6) is 0 Å². The average molecular weight is 444 g/mol. The maximum absolute atomic E-state index is 13.2. The molecule has 0 radical (unpaired) electrons. The summed E-state index contributed by atoms with van der Waals surface area (Å²) in [6.07, 6.45) is 5.85. The van der Waals surface area contributed by atoms with Crippen molar-refractivity contribution in [3.63, 3.8) is 0 Å². The Balaban J connectivity index is 0.000000390. The van der Waals surface area contributed by atoms with Crippen LogP contribution in [0, 0.1) is 11.6 Å². The van der Waals surface area contributed by atoms with Crippen molar-refractivity contribution < 1.29 is 33.3 Å². The highest BCUT2D eigenvalue weighted by Gasteiger charge is 2.15. The summed E-state index contributed by atoms with van der Waals surface area (Å²) in [5.74, 6) is -3.11. The van der Waals surface area contributed by atoms with Crippen molar-refractivity contribution in [1.29, 1.82) is 0 Å². The van der Waals surface area contributed by atoms with Crippen LogP contribution in [0.1, 0.15) is 29.3 Å². The number of carbonyl (C=O) groups is 2. The standard InChI is InChI=1S/C19H18F2N2O.C4H4O4/c20-16-7-3-14(4-8-16)19(15-5-9-17(21)10-6-15)24-11-1-2-18-12-22-13-23-18;5-3(6)1-2-4(7)8/h3-10,12-13,19H,1-2,11H2,(H,22,23);1-2H,(H,5,6)(H,7,8)/b;2-1-. The zero-order valence-corrected chi connectivity index (χ0v) is 16.9. The van der Waals surface area contributed by atoms with Crippen LogP contribution in [-0.4, -0.2) is 38.7 Å². The number of aromatic amines is 1. The molecule has 0 fully saturated rings. The van der Waals surface area contributed by atoms with Gasteiger partial charge in [0.25, 0.3) is 0 Å². The Morgan fingerprint density at radius 1 is 0.938 bits per heavy atom. The largest absolute Gasteiger partial charge is 0.478 e. The van der Waals surface area contributed by atoms with Crippen LogP contribution in [0.2, 0.25) is 0 Å². The van der Waals surface area contributed by atoms with E-state index in [1.54, 1.807) is 36.8 Å². The number of halogens is 2. The Morgan fingerprint density at radius 3 is 1.84 bits per heavy atom. The second kappa shape index (κ2) is 12.8. The number of H-pyrrole nitrogens is 1. The number of aliphatic carboxylic acids is 2. The first-order chi connectivity index (χ1) is 15.3. The molecule has 0 bridgehead atoms. The van der Waals surface area contributed by atoms with Gasteiger partial charge in [-0.2, -0.15) is 0 Å². The monoisotopic (exact) mass is 444 g/mol. The second-order valence-electron chi connectivity index (χ2n) is 6.54. The minimum atomic E-state index is -1.26. The quantitative estimate of drug-likeness (QED) is 0.338. The normalized spacial score (nSPS) is 10.7. The molecule has 0 aliphatic rings. The fourth-order valence-corrected chi connectivity index (χ4v) is 2.69. The van der Waals surface area contributed by atoms with Gasteiger partial charge < -0.3 is 19.9 Å². The average Bonchev–Trinajstić information content (AvgIpc) is 3.28. The third-order valence-corrected chi connectivity index (χ3v) is 4.14. The van der Waals surface area contributed by atoms with E-state index >= 15 is 0 Å². The van der Waals surface area contributed by atoms with Gasteiger partial charge in [-0.1, -0.05) is 24.3 Å². The molecule has 0 aliphatic carbocycles. The van der Waals surface area contributed by atoms with E-state index in [2.05, 4.69) is 9.97 Å². The summed E-state index contributed by atoms with van der Waals surface area (Å²) in [4.78, 5) is 26.1. The molecule has 168 valence electrons. The predicted octanol–water partition coefficient (Wildman–Crippen LogP) is 4.14. The van der Waals surface area contributed by atoms with Crippen molar-refractivity contribution in [2.24, 2.45) is 0 Å². The molecule has 1 aromatic heterocycles. The highest BCUT2D eigenvalue weighted by Crippen LogP contribution is 2.26. The summed E-state index contributed by atoms with van der Waals surface area (Å²) >= 11 is 0. The number of ether oxygens (including phenoxy) is 1. The van der Waals surface area contributed by atoms with Crippen molar-refractivity contribution in [2.45, 2.75) is 18.9 Å². The first-order valence-electron chi connectivity index (χ1n) is 9.59. The molecule has 2 aromatic carbocycles. The molecular weight excluding hydrogens is 422 g/mol. The molecule has 0 unspecified atom stereocenters. The zero-order valence-electron chi connectivity index (χ0n) is 16.9. The number of nitrogens with zero attached hydrogens (tertiary/aromatic N) is 1. The Bertz CT molecular complexity index is 942. The first-order valence-corrected chi connectivity index (χ1v) is 9.59. The number of hydrogen-bond acceptors (Lipinski definition) is 4. The first kappa shape index (κ1) is 24.4. The van der Waals surface area contributed by atoms with Crippen LogP contribution in [0.15, 0.2) is 73.2 Å². The lowest BCUT2D eigenvalue weighted by Gasteiger charge is -2.19. The molecule has 3 rings (SSSR count). The summed E-state index contributed by atoms with van der Waals surface area (Å²) < 4.78 is 32.4. The van der Waals surface area contributed by atoms with Crippen LogP contribution in [0.4, 0.5) is 8.78 Å². The third kappa shape index (κ3) is 8.88. The molecular formula is C23H22F2N2O5. The van der Waals surface area contributed by atoms with Crippen LogP contribution < -0.4 is 0 Å². The van der Waals surface area contributed by atoms with Gasteiger partial charge in [-0.25, -0.2) is 23.4 Å². The summed E-state index contributed by atoms with van der Waals surface area (Å²) in [6.45, 7) is 0.526. The molecule has 3 N–H and O–H groups in total. The number of hydrogen-bond donors (Lipinski definition) is 3. The summed E-state index contributed by atoms with van der Waals surface area (Å²) in [5, 5.41) is 15.6. The lowest BCUT2D eigenvalue weighted by atomic mass is 10.0. The zero-order chi connectivity index (χ0) is 23.3. The fourth-order valence-electron chi connectivity index (χ4n) is 2.69. The van der Waals surface area contributed by atoms with Crippen LogP contribution in [0.25, 0.3) is 0 Å². The molecule has 1 heterocycles. The van der Waals surface area contributed by atoms with E-state index in [9.17, 15) is 18.4 Å². The lowest BCUT2D eigenvalue weighted by Crippen LogP contribution is -2.08. The number of carboxylic acid groups (broad SMARTS) is 2. The van der Waals surface area contributed by atoms with E-state index in [4.69, 9.17) is 14.9 Å².